The van der Waals surface area contributed by atoms with Crippen LogP contribution in [-0.2, 0) is 19.1 Å². The molecule has 31 heavy (non-hydrogen) atoms. The van der Waals surface area contributed by atoms with Crippen LogP contribution < -0.4 is 20.3 Å². The highest BCUT2D eigenvalue weighted by Crippen LogP contribution is 2.33. The fraction of sp³-hybridized carbons (Fsp3) is 0.182. The molecular formula is C22H21N3O6. The molecule has 9 nitrogen and oxygen atoms in total. The number of likely N-dealkylation sites (N-methyl/N-ethyl adjacent to an activating group) is 1. The SMILES string of the molecule is COC(=O)c1ccc(NC(=O)/C(C)=C/C(=O)Nc2ccc3c(c2)N(C)C(=O)CO3)cc1. The van der Waals surface area contributed by atoms with Crippen LogP contribution in [0.1, 0.15) is 17.3 Å². The fourth-order valence-corrected chi connectivity index (χ4v) is 2.83. The number of anilines is 3. The number of hydrogen-bond donors (Lipinski definition) is 2. The summed E-state index contributed by atoms with van der Waals surface area (Å²) in [5.41, 5.74) is 2.01. The highest BCUT2D eigenvalue weighted by atomic mass is 16.5. The first kappa shape index (κ1) is 21.6. The fourth-order valence-electron chi connectivity index (χ4n) is 2.83. The summed E-state index contributed by atoms with van der Waals surface area (Å²) in [7, 11) is 2.91. The van der Waals surface area contributed by atoms with E-state index in [1.807, 2.05) is 0 Å². The predicted molar refractivity (Wildman–Crippen MR) is 114 cm³/mol. The molecule has 1 aliphatic heterocycles. The smallest absolute Gasteiger partial charge is 0.337 e. The van der Waals surface area contributed by atoms with Gasteiger partial charge in [0.15, 0.2) is 6.61 Å². The lowest BCUT2D eigenvalue weighted by molar-refractivity contribution is -0.121. The highest BCUT2D eigenvalue weighted by molar-refractivity contribution is 6.10. The van der Waals surface area contributed by atoms with Crippen LogP contribution in [-0.4, -0.2) is 44.5 Å². The van der Waals surface area contributed by atoms with E-state index in [4.69, 9.17) is 4.74 Å². The number of methoxy groups -OCH3 is 1. The van der Waals surface area contributed by atoms with Gasteiger partial charge >= 0.3 is 5.97 Å². The third kappa shape index (κ3) is 5.08. The Hall–Kier alpha value is -4.14. The topological polar surface area (TPSA) is 114 Å². The van der Waals surface area contributed by atoms with Gasteiger partial charge in [0.2, 0.25) is 5.91 Å². The average Bonchev–Trinajstić information content (AvgIpc) is 2.76. The normalized spacial score (nSPS) is 13.1. The molecule has 3 rings (SSSR count). The van der Waals surface area contributed by atoms with E-state index in [2.05, 4.69) is 15.4 Å². The second-order valence-corrected chi connectivity index (χ2v) is 6.76. The Morgan fingerprint density at radius 3 is 2.42 bits per heavy atom. The third-order valence-electron chi connectivity index (χ3n) is 4.58. The molecule has 0 aromatic heterocycles. The number of fused-ring (bicyclic) bond motifs is 1. The van der Waals surface area contributed by atoms with Crippen molar-refractivity contribution in [3.8, 4) is 5.75 Å². The number of benzene rings is 2. The number of esters is 1. The zero-order valence-corrected chi connectivity index (χ0v) is 17.2. The quantitative estimate of drug-likeness (QED) is 0.564. The minimum Gasteiger partial charge on any atom is -0.482 e. The maximum absolute atomic E-state index is 12.3. The lowest BCUT2D eigenvalue weighted by Crippen LogP contribution is -2.35. The van der Waals surface area contributed by atoms with Crippen molar-refractivity contribution in [2.45, 2.75) is 6.92 Å². The molecule has 0 atom stereocenters. The molecule has 1 aliphatic rings. The predicted octanol–water partition coefficient (Wildman–Crippen LogP) is 2.35. The molecule has 0 bridgehead atoms. The van der Waals surface area contributed by atoms with Crippen LogP contribution in [0.4, 0.5) is 17.1 Å². The second kappa shape index (κ2) is 9.12. The van der Waals surface area contributed by atoms with Gasteiger partial charge in [0.25, 0.3) is 11.8 Å². The summed E-state index contributed by atoms with van der Waals surface area (Å²) in [6, 6.07) is 11.1. The molecule has 0 saturated carbocycles. The van der Waals surface area contributed by atoms with Gasteiger partial charge in [-0.1, -0.05) is 0 Å². The molecule has 0 aliphatic carbocycles. The molecular weight excluding hydrogens is 402 g/mol. The highest BCUT2D eigenvalue weighted by Gasteiger charge is 2.22. The minimum atomic E-state index is -0.501. The molecule has 2 N–H and O–H groups in total. The molecule has 0 radical (unpaired) electrons. The van der Waals surface area contributed by atoms with E-state index >= 15 is 0 Å². The van der Waals surface area contributed by atoms with E-state index < -0.39 is 17.8 Å². The molecule has 0 saturated heterocycles. The Balaban J connectivity index is 1.63. The van der Waals surface area contributed by atoms with Crippen LogP contribution in [0.2, 0.25) is 0 Å². The summed E-state index contributed by atoms with van der Waals surface area (Å²) in [4.78, 5) is 49.3. The first-order valence-corrected chi connectivity index (χ1v) is 9.31. The van der Waals surface area contributed by atoms with Crippen molar-refractivity contribution in [2.75, 3.05) is 36.3 Å². The van der Waals surface area contributed by atoms with Crippen molar-refractivity contribution < 1.29 is 28.7 Å². The summed E-state index contributed by atoms with van der Waals surface area (Å²) in [6.07, 6.45) is 1.17. The van der Waals surface area contributed by atoms with E-state index in [9.17, 15) is 19.2 Å². The molecule has 3 amide bonds. The third-order valence-corrected chi connectivity index (χ3v) is 4.58. The van der Waals surface area contributed by atoms with Gasteiger partial charge in [-0.3, -0.25) is 14.4 Å². The van der Waals surface area contributed by atoms with Gasteiger partial charge in [0, 0.05) is 30.1 Å². The minimum absolute atomic E-state index is 0.0301. The summed E-state index contributed by atoms with van der Waals surface area (Å²) in [5.74, 6) is -1.09. The van der Waals surface area contributed by atoms with E-state index in [1.54, 1.807) is 37.4 Å². The molecule has 160 valence electrons. The lowest BCUT2D eigenvalue weighted by atomic mass is 10.2. The van der Waals surface area contributed by atoms with Crippen LogP contribution in [0.25, 0.3) is 0 Å². The number of carbonyl (C=O) groups is 4. The molecule has 0 fully saturated rings. The van der Waals surface area contributed by atoms with E-state index in [0.717, 1.165) is 0 Å². The summed E-state index contributed by atoms with van der Waals surface area (Å²) >= 11 is 0. The van der Waals surface area contributed by atoms with Crippen molar-refractivity contribution in [1.82, 2.24) is 0 Å². The average molecular weight is 423 g/mol. The number of nitrogens with one attached hydrogen (secondary N) is 2. The first-order chi connectivity index (χ1) is 14.8. The molecule has 9 heteroatoms. The van der Waals surface area contributed by atoms with Gasteiger partial charge in [-0.15, -0.1) is 0 Å². The number of ether oxygens (including phenoxy) is 2. The number of nitrogens with zero attached hydrogens (tertiary/aromatic N) is 1. The largest absolute Gasteiger partial charge is 0.482 e. The first-order valence-electron chi connectivity index (χ1n) is 9.31. The number of rotatable bonds is 5. The lowest BCUT2D eigenvalue weighted by Gasteiger charge is -2.26. The molecule has 2 aromatic carbocycles. The van der Waals surface area contributed by atoms with Gasteiger partial charge in [0.1, 0.15) is 5.75 Å². The number of carbonyl (C=O) groups excluding carboxylic acids is 4. The Bertz CT molecular complexity index is 1080. The van der Waals surface area contributed by atoms with E-state index in [-0.39, 0.29) is 18.1 Å². The van der Waals surface area contributed by atoms with Gasteiger partial charge in [-0.05, 0) is 49.4 Å². The number of hydrogen-bond acceptors (Lipinski definition) is 6. The zero-order valence-electron chi connectivity index (χ0n) is 17.2. The monoisotopic (exact) mass is 423 g/mol. The van der Waals surface area contributed by atoms with Gasteiger partial charge in [-0.2, -0.15) is 0 Å². The molecule has 2 aromatic rings. The van der Waals surface area contributed by atoms with Crippen LogP contribution in [0.15, 0.2) is 54.1 Å². The van der Waals surface area contributed by atoms with Crippen LogP contribution in [0, 0.1) is 0 Å². The van der Waals surface area contributed by atoms with Crippen molar-refractivity contribution in [1.29, 1.82) is 0 Å². The van der Waals surface area contributed by atoms with Crippen molar-refractivity contribution >= 4 is 40.8 Å². The van der Waals surface area contributed by atoms with Gasteiger partial charge in [-0.25, -0.2) is 4.79 Å². The standard InChI is InChI=1S/C22H21N3O6/c1-13(21(28)24-15-6-4-14(5-7-15)22(29)30-3)10-19(26)23-16-8-9-18-17(11-16)25(2)20(27)12-31-18/h4-11H,12H2,1-3H3,(H,23,26)(H,24,28)/b13-10+. The molecule has 1 heterocycles. The van der Waals surface area contributed by atoms with Crippen LogP contribution in [0.5, 0.6) is 5.75 Å². The number of amides is 3. The Kier molecular flexibility index (Phi) is 6.35. The summed E-state index contributed by atoms with van der Waals surface area (Å²) in [6.45, 7) is 1.47. The van der Waals surface area contributed by atoms with E-state index in [1.165, 1.54) is 37.1 Å². The maximum atomic E-state index is 12.3. The Morgan fingerprint density at radius 2 is 1.74 bits per heavy atom. The van der Waals surface area contributed by atoms with Gasteiger partial charge < -0.3 is 25.0 Å². The van der Waals surface area contributed by atoms with Crippen LogP contribution in [0.3, 0.4) is 0 Å². The Morgan fingerprint density at radius 1 is 1.06 bits per heavy atom. The van der Waals surface area contributed by atoms with Crippen LogP contribution >= 0.6 is 0 Å². The maximum Gasteiger partial charge on any atom is 0.337 e. The van der Waals surface area contributed by atoms with Crippen molar-refractivity contribution in [2.24, 2.45) is 0 Å². The Labute approximate surface area is 178 Å². The summed E-state index contributed by atoms with van der Waals surface area (Å²) < 4.78 is 9.97. The summed E-state index contributed by atoms with van der Waals surface area (Å²) in [5, 5.41) is 5.31. The molecule has 0 unspecified atom stereocenters. The van der Waals surface area contributed by atoms with Gasteiger partial charge in [0.05, 0.1) is 18.4 Å². The second-order valence-electron chi connectivity index (χ2n) is 6.76. The zero-order chi connectivity index (χ0) is 22.5. The van der Waals surface area contributed by atoms with Crippen molar-refractivity contribution in [3.63, 3.8) is 0 Å². The molecule has 0 spiro atoms. The van der Waals surface area contributed by atoms with E-state index in [0.29, 0.717) is 28.4 Å². The van der Waals surface area contributed by atoms with Crippen molar-refractivity contribution in [3.05, 3.63) is 59.7 Å².